The maximum atomic E-state index is 11.8. The number of aromatic nitrogens is 1. The van der Waals surface area contributed by atoms with Gasteiger partial charge < -0.3 is 15.4 Å². The molecule has 6 nitrogen and oxygen atoms in total. The van der Waals surface area contributed by atoms with Crippen LogP contribution >= 0.6 is 0 Å². The van der Waals surface area contributed by atoms with Crippen LogP contribution in [0.2, 0.25) is 0 Å². The van der Waals surface area contributed by atoms with Gasteiger partial charge in [0.05, 0.1) is 5.52 Å². The van der Waals surface area contributed by atoms with Crippen molar-refractivity contribution < 1.29 is 9.90 Å². The minimum Gasteiger partial charge on any atom is -0.493 e. The van der Waals surface area contributed by atoms with E-state index in [9.17, 15) is 9.90 Å². The van der Waals surface area contributed by atoms with Crippen molar-refractivity contribution in [2.75, 3.05) is 5.32 Å². The Morgan fingerprint density at radius 3 is 2.64 bits per heavy atom. The third-order valence-electron chi connectivity index (χ3n) is 3.20. The summed E-state index contributed by atoms with van der Waals surface area (Å²) in [5.74, 6) is -0.118. The highest BCUT2D eigenvalue weighted by atomic mass is 16.3. The first-order valence-electron chi connectivity index (χ1n) is 6.72. The average molecular weight is 294 g/mol. The fraction of sp³-hybridized carbons (Fsp3) is 0.0625. The van der Waals surface area contributed by atoms with Crippen LogP contribution in [0.15, 0.2) is 58.8 Å². The number of anilines is 1. The van der Waals surface area contributed by atoms with E-state index in [0.29, 0.717) is 11.1 Å². The first kappa shape index (κ1) is 13.8. The van der Waals surface area contributed by atoms with Crippen LogP contribution in [0, 0.1) is 6.92 Å². The molecule has 110 valence electrons. The number of azo groups is 1. The maximum absolute atomic E-state index is 11.8. The molecule has 1 heterocycles. The van der Waals surface area contributed by atoms with Crippen LogP contribution in [0.5, 0.6) is 5.88 Å². The molecule has 2 amide bonds. The molecular weight excluding hydrogens is 280 g/mol. The number of carbonyl (C=O) groups excluding carboxylic acids is 1. The lowest BCUT2D eigenvalue weighted by Crippen LogP contribution is -2.04. The summed E-state index contributed by atoms with van der Waals surface area (Å²) in [6, 6.07) is 14.0. The Hall–Kier alpha value is -3.15. The third kappa shape index (κ3) is 2.80. The molecule has 0 aliphatic rings. The Labute approximate surface area is 126 Å². The van der Waals surface area contributed by atoms with Crippen molar-refractivity contribution in [3.63, 3.8) is 0 Å². The summed E-state index contributed by atoms with van der Waals surface area (Å²) >= 11 is 0. The molecule has 0 aliphatic heterocycles. The fourth-order valence-electron chi connectivity index (χ4n) is 2.09. The van der Waals surface area contributed by atoms with E-state index in [1.54, 1.807) is 24.3 Å². The summed E-state index contributed by atoms with van der Waals surface area (Å²) in [6.07, 6.45) is 0. The number of urea groups is 1. The van der Waals surface area contributed by atoms with E-state index in [1.807, 2.05) is 31.2 Å². The van der Waals surface area contributed by atoms with Gasteiger partial charge in [0.15, 0.2) is 5.69 Å². The van der Waals surface area contributed by atoms with Gasteiger partial charge in [-0.05, 0) is 25.1 Å². The lowest BCUT2D eigenvalue weighted by Gasteiger charge is -2.00. The predicted molar refractivity (Wildman–Crippen MR) is 84.7 cm³/mol. The molecule has 0 bridgehead atoms. The van der Waals surface area contributed by atoms with E-state index in [2.05, 4.69) is 20.5 Å². The number of aryl methyl sites for hydroxylation is 1. The Bertz CT molecular complexity index is 850. The SMILES string of the molecule is Cc1ccc(NC(=O)N=Nc2c(O)[nH]c3ccccc23)cc1. The number of H-pyrrole nitrogens is 1. The monoisotopic (exact) mass is 294 g/mol. The molecule has 2 aromatic carbocycles. The molecular formula is C16H14N4O2. The Kier molecular flexibility index (Phi) is 3.57. The molecule has 0 saturated heterocycles. The lowest BCUT2D eigenvalue weighted by molar-refractivity contribution is 0.258. The molecule has 1 aromatic heterocycles. The number of amides is 2. The summed E-state index contributed by atoms with van der Waals surface area (Å²) < 4.78 is 0. The van der Waals surface area contributed by atoms with E-state index < -0.39 is 6.03 Å². The van der Waals surface area contributed by atoms with Crippen LogP contribution in [-0.2, 0) is 0 Å². The van der Waals surface area contributed by atoms with Crippen LogP contribution in [-0.4, -0.2) is 16.1 Å². The highest BCUT2D eigenvalue weighted by Crippen LogP contribution is 2.35. The van der Waals surface area contributed by atoms with E-state index in [0.717, 1.165) is 11.1 Å². The van der Waals surface area contributed by atoms with Crippen LogP contribution in [0.1, 0.15) is 5.56 Å². The summed E-state index contributed by atoms with van der Waals surface area (Å²) in [5, 5.41) is 20.6. The van der Waals surface area contributed by atoms with Crippen molar-refractivity contribution >= 4 is 28.3 Å². The number of fused-ring (bicyclic) bond motifs is 1. The van der Waals surface area contributed by atoms with Gasteiger partial charge in [0.25, 0.3) is 0 Å². The minimum absolute atomic E-state index is 0.118. The van der Waals surface area contributed by atoms with E-state index in [1.165, 1.54) is 0 Å². The summed E-state index contributed by atoms with van der Waals surface area (Å²) in [5.41, 5.74) is 2.71. The van der Waals surface area contributed by atoms with Gasteiger partial charge in [0.1, 0.15) is 0 Å². The van der Waals surface area contributed by atoms with Gasteiger partial charge in [-0.3, -0.25) is 0 Å². The molecule has 0 saturated carbocycles. The van der Waals surface area contributed by atoms with Crippen molar-refractivity contribution in [1.29, 1.82) is 0 Å². The van der Waals surface area contributed by atoms with E-state index in [4.69, 9.17) is 0 Å². The molecule has 0 fully saturated rings. The maximum Gasteiger partial charge on any atom is 0.364 e. The van der Waals surface area contributed by atoms with Crippen molar-refractivity contribution in [2.45, 2.75) is 6.92 Å². The Morgan fingerprint density at radius 2 is 1.86 bits per heavy atom. The van der Waals surface area contributed by atoms with Crippen LogP contribution in [0.3, 0.4) is 0 Å². The zero-order valence-electron chi connectivity index (χ0n) is 11.9. The smallest absolute Gasteiger partial charge is 0.364 e. The number of hydrogen-bond donors (Lipinski definition) is 3. The molecule has 22 heavy (non-hydrogen) atoms. The number of hydrogen-bond acceptors (Lipinski definition) is 3. The van der Waals surface area contributed by atoms with Crippen molar-refractivity contribution in [2.24, 2.45) is 10.2 Å². The zero-order chi connectivity index (χ0) is 15.5. The fourth-order valence-corrected chi connectivity index (χ4v) is 2.09. The molecule has 0 aliphatic carbocycles. The normalized spacial score (nSPS) is 11.1. The number of aromatic amines is 1. The van der Waals surface area contributed by atoms with Gasteiger partial charge in [0.2, 0.25) is 5.88 Å². The van der Waals surface area contributed by atoms with Gasteiger partial charge in [-0.25, -0.2) is 4.79 Å². The summed E-state index contributed by atoms with van der Waals surface area (Å²) in [4.78, 5) is 14.6. The van der Waals surface area contributed by atoms with Gasteiger partial charge in [-0.15, -0.1) is 5.11 Å². The Balaban J connectivity index is 1.79. The predicted octanol–water partition coefficient (Wildman–Crippen LogP) is 4.50. The van der Waals surface area contributed by atoms with E-state index >= 15 is 0 Å². The Morgan fingerprint density at radius 1 is 1.14 bits per heavy atom. The van der Waals surface area contributed by atoms with Gasteiger partial charge >= 0.3 is 6.03 Å². The topological polar surface area (TPSA) is 89.8 Å². The number of para-hydroxylation sites is 1. The highest BCUT2D eigenvalue weighted by Gasteiger charge is 2.10. The van der Waals surface area contributed by atoms with E-state index in [-0.39, 0.29) is 11.6 Å². The lowest BCUT2D eigenvalue weighted by atomic mass is 10.2. The average Bonchev–Trinajstić information content (AvgIpc) is 2.83. The number of carbonyl (C=O) groups is 1. The zero-order valence-corrected chi connectivity index (χ0v) is 11.9. The number of benzene rings is 2. The molecule has 6 heteroatoms. The number of nitrogens with zero attached hydrogens (tertiary/aromatic N) is 2. The molecule has 0 unspecified atom stereocenters. The number of nitrogens with one attached hydrogen (secondary N) is 2. The van der Waals surface area contributed by atoms with Crippen LogP contribution in [0.4, 0.5) is 16.2 Å². The molecule has 0 spiro atoms. The quantitative estimate of drug-likeness (QED) is 0.607. The van der Waals surface area contributed by atoms with Crippen molar-refractivity contribution in [1.82, 2.24) is 4.98 Å². The third-order valence-corrected chi connectivity index (χ3v) is 3.20. The minimum atomic E-state index is -0.603. The second kappa shape index (κ2) is 5.69. The van der Waals surface area contributed by atoms with Crippen molar-refractivity contribution in [3.05, 3.63) is 54.1 Å². The largest absolute Gasteiger partial charge is 0.493 e. The molecule has 3 rings (SSSR count). The second-order valence-electron chi connectivity index (χ2n) is 4.86. The van der Waals surface area contributed by atoms with Gasteiger partial charge in [-0.2, -0.15) is 0 Å². The van der Waals surface area contributed by atoms with Gasteiger partial charge in [-0.1, -0.05) is 41.0 Å². The van der Waals surface area contributed by atoms with Crippen LogP contribution in [0.25, 0.3) is 10.9 Å². The second-order valence-corrected chi connectivity index (χ2v) is 4.86. The van der Waals surface area contributed by atoms with Crippen molar-refractivity contribution in [3.8, 4) is 5.88 Å². The first-order chi connectivity index (χ1) is 10.6. The molecule has 3 aromatic rings. The summed E-state index contributed by atoms with van der Waals surface area (Å²) in [7, 11) is 0. The molecule has 0 atom stereocenters. The van der Waals surface area contributed by atoms with Crippen LogP contribution < -0.4 is 5.32 Å². The number of aromatic hydroxyl groups is 1. The molecule has 3 N–H and O–H groups in total. The first-order valence-corrected chi connectivity index (χ1v) is 6.72. The molecule has 0 radical (unpaired) electrons. The summed E-state index contributed by atoms with van der Waals surface area (Å²) in [6.45, 7) is 1.96. The van der Waals surface area contributed by atoms with Gasteiger partial charge in [0, 0.05) is 11.1 Å². The number of rotatable bonds is 2. The standard InChI is InChI=1S/C16H14N4O2/c1-10-6-8-11(9-7-10)17-16(22)20-19-14-12-4-2-3-5-13(12)18-15(14)21/h2-9,18,21H,1H3,(H,17,22). The highest BCUT2D eigenvalue weighted by molar-refractivity contribution is 5.95.